The predicted molar refractivity (Wildman–Crippen MR) is 83.1 cm³/mol. The van der Waals surface area contributed by atoms with Crippen LogP contribution in [0, 0.1) is 13.8 Å². The molecule has 110 valence electrons. The number of hydrogen-bond acceptors (Lipinski definition) is 3. The first-order chi connectivity index (χ1) is 9.58. The molecule has 4 nitrogen and oxygen atoms in total. The Labute approximate surface area is 121 Å². The molecule has 0 spiro atoms. The van der Waals surface area contributed by atoms with E-state index >= 15 is 0 Å². The third-order valence-corrected chi connectivity index (χ3v) is 4.02. The molecule has 0 aromatic heterocycles. The average Bonchev–Trinajstić information content (AvgIpc) is 2.43. The highest BCUT2D eigenvalue weighted by atomic mass is 16.2. The van der Waals surface area contributed by atoms with Gasteiger partial charge in [-0.2, -0.15) is 0 Å². The van der Waals surface area contributed by atoms with Gasteiger partial charge < -0.3 is 10.6 Å². The van der Waals surface area contributed by atoms with Gasteiger partial charge in [-0.3, -0.25) is 9.69 Å². The molecule has 2 rings (SSSR count). The number of hydrogen-bond donors (Lipinski definition) is 2. The summed E-state index contributed by atoms with van der Waals surface area (Å²) in [4.78, 5) is 14.3. The number of nitrogens with zero attached hydrogens (tertiary/aromatic N) is 1. The Morgan fingerprint density at radius 2 is 2.00 bits per heavy atom. The molecule has 0 atom stereocenters. The molecule has 1 saturated heterocycles. The summed E-state index contributed by atoms with van der Waals surface area (Å²) in [7, 11) is 2.01. The van der Waals surface area contributed by atoms with Crippen LogP contribution in [0.3, 0.4) is 0 Å². The van der Waals surface area contributed by atoms with Crippen molar-refractivity contribution >= 4 is 11.6 Å². The fraction of sp³-hybridized carbons (Fsp3) is 0.562. The summed E-state index contributed by atoms with van der Waals surface area (Å²) in [6, 6.07) is 6.71. The summed E-state index contributed by atoms with van der Waals surface area (Å²) in [5.74, 6) is 0.0832. The van der Waals surface area contributed by atoms with Gasteiger partial charge in [0.15, 0.2) is 0 Å². The van der Waals surface area contributed by atoms with Gasteiger partial charge in [-0.05, 0) is 45.4 Å². The van der Waals surface area contributed by atoms with Crippen LogP contribution in [0.1, 0.15) is 24.0 Å². The fourth-order valence-electron chi connectivity index (χ4n) is 2.73. The average molecular weight is 275 g/mol. The second-order valence-corrected chi connectivity index (χ2v) is 5.71. The Bertz CT molecular complexity index is 465. The molecule has 1 heterocycles. The molecule has 1 fully saturated rings. The molecule has 1 amide bonds. The molecule has 20 heavy (non-hydrogen) atoms. The van der Waals surface area contributed by atoms with Crippen molar-refractivity contribution in [1.29, 1.82) is 0 Å². The lowest BCUT2D eigenvalue weighted by molar-refractivity contribution is -0.117. The fourth-order valence-corrected chi connectivity index (χ4v) is 2.73. The normalized spacial score (nSPS) is 17.1. The SMILES string of the molecule is CNC1CCN(CC(=O)Nc2ccc(C)cc2C)CC1. The van der Waals surface area contributed by atoms with Gasteiger partial charge in [-0.1, -0.05) is 17.7 Å². The van der Waals surface area contributed by atoms with E-state index in [1.54, 1.807) is 0 Å². The van der Waals surface area contributed by atoms with E-state index in [2.05, 4.69) is 28.5 Å². The molecular weight excluding hydrogens is 250 g/mol. The largest absolute Gasteiger partial charge is 0.325 e. The summed E-state index contributed by atoms with van der Waals surface area (Å²) in [5, 5.41) is 6.32. The van der Waals surface area contributed by atoms with Crippen molar-refractivity contribution in [2.45, 2.75) is 32.7 Å². The van der Waals surface area contributed by atoms with E-state index in [4.69, 9.17) is 0 Å². The summed E-state index contributed by atoms with van der Waals surface area (Å²) in [6.45, 7) is 6.56. The number of amides is 1. The zero-order valence-electron chi connectivity index (χ0n) is 12.7. The highest BCUT2D eigenvalue weighted by Crippen LogP contribution is 2.16. The van der Waals surface area contributed by atoms with Crippen LogP contribution in [0.15, 0.2) is 18.2 Å². The van der Waals surface area contributed by atoms with Crippen LogP contribution in [-0.2, 0) is 4.79 Å². The van der Waals surface area contributed by atoms with Gasteiger partial charge in [0.05, 0.1) is 6.54 Å². The molecule has 0 radical (unpaired) electrons. The number of carbonyl (C=O) groups excluding carboxylic acids is 1. The molecule has 0 bridgehead atoms. The first-order valence-corrected chi connectivity index (χ1v) is 7.35. The number of piperidine rings is 1. The summed E-state index contributed by atoms with van der Waals surface area (Å²) in [5.41, 5.74) is 3.26. The third-order valence-electron chi connectivity index (χ3n) is 4.02. The number of likely N-dealkylation sites (tertiary alicyclic amines) is 1. The van der Waals surface area contributed by atoms with Gasteiger partial charge in [0.2, 0.25) is 5.91 Å². The number of nitrogens with one attached hydrogen (secondary N) is 2. The Hall–Kier alpha value is -1.39. The van der Waals surface area contributed by atoms with E-state index < -0.39 is 0 Å². The monoisotopic (exact) mass is 275 g/mol. The smallest absolute Gasteiger partial charge is 0.238 e. The highest BCUT2D eigenvalue weighted by molar-refractivity contribution is 5.93. The minimum atomic E-state index is 0.0832. The Morgan fingerprint density at radius 3 is 2.60 bits per heavy atom. The number of rotatable bonds is 4. The molecule has 0 aliphatic carbocycles. The van der Waals surface area contributed by atoms with Gasteiger partial charge in [0.25, 0.3) is 0 Å². The summed E-state index contributed by atoms with van der Waals surface area (Å²) < 4.78 is 0. The Morgan fingerprint density at radius 1 is 1.30 bits per heavy atom. The molecule has 4 heteroatoms. The molecular formula is C16H25N3O. The van der Waals surface area contributed by atoms with E-state index in [1.165, 1.54) is 5.56 Å². The van der Waals surface area contributed by atoms with Crippen LogP contribution in [-0.4, -0.2) is 43.5 Å². The highest BCUT2D eigenvalue weighted by Gasteiger charge is 2.19. The molecule has 0 saturated carbocycles. The van der Waals surface area contributed by atoms with Gasteiger partial charge >= 0.3 is 0 Å². The van der Waals surface area contributed by atoms with Crippen LogP contribution in [0.2, 0.25) is 0 Å². The van der Waals surface area contributed by atoms with Gasteiger partial charge in [-0.25, -0.2) is 0 Å². The van der Waals surface area contributed by atoms with Crippen molar-refractivity contribution in [3.8, 4) is 0 Å². The van der Waals surface area contributed by atoms with Crippen molar-refractivity contribution in [3.63, 3.8) is 0 Å². The topological polar surface area (TPSA) is 44.4 Å². The minimum absolute atomic E-state index is 0.0832. The maximum atomic E-state index is 12.1. The Kier molecular flexibility index (Phi) is 5.15. The van der Waals surface area contributed by atoms with Crippen LogP contribution in [0.4, 0.5) is 5.69 Å². The number of benzene rings is 1. The molecule has 1 aromatic carbocycles. The zero-order chi connectivity index (χ0) is 14.5. The molecule has 0 unspecified atom stereocenters. The van der Waals surface area contributed by atoms with Gasteiger partial charge in [0.1, 0.15) is 0 Å². The van der Waals surface area contributed by atoms with Crippen molar-refractivity contribution in [2.24, 2.45) is 0 Å². The molecule has 1 aliphatic rings. The molecule has 1 aromatic rings. The zero-order valence-corrected chi connectivity index (χ0v) is 12.7. The van der Waals surface area contributed by atoms with E-state index in [-0.39, 0.29) is 5.91 Å². The van der Waals surface area contributed by atoms with Crippen LogP contribution >= 0.6 is 0 Å². The first-order valence-electron chi connectivity index (χ1n) is 7.35. The van der Waals surface area contributed by atoms with Crippen LogP contribution in [0.5, 0.6) is 0 Å². The maximum absolute atomic E-state index is 12.1. The van der Waals surface area contributed by atoms with Crippen LogP contribution in [0.25, 0.3) is 0 Å². The first kappa shape index (κ1) is 15.0. The minimum Gasteiger partial charge on any atom is -0.325 e. The van der Waals surface area contributed by atoms with Crippen molar-refractivity contribution in [2.75, 3.05) is 32.0 Å². The van der Waals surface area contributed by atoms with E-state index in [0.29, 0.717) is 12.6 Å². The van der Waals surface area contributed by atoms with E-state index in [9.17, 15) is 4.79 Å². The van der Waals surface area contributed by atoms with Gasteiger partial charge in [0, 0.05) is 24.8 Å². The lowest BCUT2D eigenvalue weighted by Crippen LogP contribution is -2.44. The van der Waals surface area contributed by atoms with Crippen LogP contribution < -0.4 is 10.6 Å². The summed E-state index contributed by atoms with van der Waals surface area (Å²) in [6.07, 6.45) is 2.24. The predicted octanol–water partition coefficient (Wildman–Crippen LogP) is 1.93. The molecule has 1 aliphatic heterocycles. The van der Waals surface area contributed by atoms with Gasteiger partial charge in [-0.15, -0.1) is 0 Å². The summed E-state index contributed by atoms with van der Waals surface area (Å²) >= 11 is 0. The lowest BCUT2D eigenvalue weighted by atomic mass is 10.1. The number of carbonyl (C=O) groups is 1. The van der Waals surface area contributed by atoms with Crippen molar-refractivity contribution < 1.29 is 4.79 Å². The van der Waals surface area contributed by atoms with Crippen molar-refractivity contribution in [1.82, 2.24) is 10.2 Å². The molecule has 2 N–H and O–H groups in total. The van der Waals surface area contributed by atoms with E-state index in [0.717, 1.165) is 37.2 Å². The number of anilines is 1. The second kappa shape index (κ2) is 6.86. The second-order valence-electron chi connectivity index (χ2n) is 5.71. The van der Waals surface area contributed by atoms with Crippen molar-refractivity contribution in [3.05, 3.63) is 29.3 Å². The number of aryl methyl sites for hydroxylation is 2. The standard InChI is InChI=1S/C16H25N3O/c1-12-4-5-15(13(2)10-12)18-16(20)11-19-8-6-14(17-3)7-9-19/h4-5,10,14,17H,6-9,11H2,1-3H3,(H,18,20). The maximum Gasteiger partial charge on any atom is 0.238 e. The Balaban J connectivity index is 1.84. The lowest BCUT2D eigenvalue weighted by Gasteiger charge is -2.31. The third kappa shape index (κ3) is 4.05. The quantitative estimate of drug-likeness (QED) is 0.882. The van der Waals surface area contributed by atoms with E-state index in [1.807, 2.05) is 26.1 Å².